The van der Waals surface area contributed by atoms with Gasteiger partial charge in [0.05, 0.1) is 17.6 Å². The molecule has 3 aliphatic heterocycles. The molecule has 2 fully saturated rings. The van der Waals surface area contributed by atoms with Gasteiger partial charge in [-0.1, -0.05) is 18.2 Å². The predicted octanol–water partition coefficient (Wildman–Crippen LogP) is 5.54. The lowest BCUT2D eigenvalue weighted by Gasteiger charge is -2.38. The zero-order valence-electron chi connectivity index (χ0n) is 28.8. The quantitative estimate of drug-likeness (QED) is 0.264. The van der Waals surface area contributed by atoms with E-state index in [-0.39, 0.29) is 51.2 Å². The van der Waals surface area contributed by atoms with Gasteiger partial charge >= 0.3 is 11.9 Å². The average molecular weight is 706 g/mol. The zero-order valence-corrected chi connectivity index (χ0v) is 29.6. The summed E-state index contributed by atoms with van der Waals surface area (Å²) in [6.45, 7) is 9.49. The minimum absolute atomic E-state index is 0.0420. The van der Waals surface area contributed by atoms with Crippen LogP contribution in [0.15, 0.2) is 64.2 Å². The number of ether oxygens (including phenoxy) is 1. The monoisotopic (exact) mass is 705 g/mol. The fourth-order valence-corrected chi connectivity index (χ4v) is 7.59. The number of thiazole rings is 1. The Hall–Kier alpha value is -4.49. The number of anilines is 1. The molecule has 13 heteroatoms. The molecule has 3 atom stereocenters. The first kappa shape index (κ1) is 35.3. The number of amides is 1. The Bertz CT molecular complexity index is 1890. The molecule has 2 saturated heterocycles. The molecular weight excluding hydrogens is 665 g/mol. The summed E-state index contributed by atoms with van der Waals surface area (Å²) in [5.41, 5.74) is 0.730. The minimum Gasteiger partial charge on any atom is -0.481 e. The van der Waals surface area contributed by atoms with Crippen molar-refractivity contribution in [3.63, 3.8) is 0 Å². The maximum Gasteiger partial charge on any atom is 0.338 e. The summed E-state index contributed by atoms with van der Waals surface area (Å²) in [5, 5.41) is 15.4. The Kier molecular flexibility index (Phi) is 9.66. The molecule has 0 radical (unpaired) electrons. The van der Waals surface area contributed by atoms with E-state index < -0.39 is 46.7 Å². The molecule has 2 aromatic carbocycles. The number of nitrogens with one attached hydrogen (secondary N) is 1. The molecule has 264 valence electrons. The highest BCUT2D eigenvalue weighted by atomic mass is 32.1. The summed E-state index contributed by atoms with van der Waals surface area (Å²) in [6, 6.07) is 9.22. The van der Waals surface area contributed by atoms with E-state index in [1.165, 1.54) is 22.3 Å². The number of halogens is 2. The highest BCUT2D eigenvalue weighted by molar-refractivity contribution is 7.11. The number of carbonyl (C=O) groups is 3. The van der Waals surface area contributed by atoms with Crippen molar-refractivity contribution in [3.8, 4) is 0 Å². The Balaban J connectivity index is 1.30. The fourth-order valence-electron chi connectivity index (χ4n) is 7.01. The van der Waals surface area contributed by atoms with Gasteiger partial charge in [-0.2, -0.15) is 0 Å². The van der Waals surface area contributed by atoms with Gasteiger partial charge in [0.2, 0.25) is 0 Å². The van der Waals surface area contributed by atoms with Crippen molar-refractivity contribution in [1.29, 1.82) is 0 Å². The van der Waals surface area contributed by atoms with Crippen LogP contribution in [0.2, 0.25) is 0 Å². The molecule has 10 nitrogen and oxygen atoms in total. The number of aliphatic imine (C=N–C) groups is 1. The summed E-state index contributed by atoms with van der Waals surface area (Å²) >= 11 is 1.37. The van der Waals surface area contributed by atoms with Gasteiger partial charge in [0.1, 0.15) is 11.9 Å². The van der Waals surface area contributed by atoms with Gasteiger partial charge in [-0.3, -0.25) is 19.5 Å². The lowest BCUT2D eigenvalue weighted by Crippen LogP contribution is -2.52. The molecule has 1 aromatic heterocycles. The first-order valence-electron chi connectivity index (χ1n) is 16.7. The lowest BCUT2D eigenvalue weighted by molar-refractivity contribution is -0.146. The van der Waals surface area contributed by atoms with E-state index in [4.69, 9.17) is 9.73 Å². The SMILES string of the molecule is CCOC(=O)C1=C(CN2CC[C@]3(F)C(=O)N(c4ccc(C)c(CC(C)(C)C(=O)O)c4)C[C@@H]3C2)NC(c2nccs2)=N[C@H]1c1cccc(F)c1C. The summed E-state index contributed by atoms with van der Waals surface area (Å²) < 4.78 is 37.0. The number of carboxylic acids is 1. The molecular formula is C37H41F2N5O5S. The predicted molar refractivity (Wildman–Crippen MR) is 186 cm³/mol. The standard InChI is InChI=1S/C37H41F2N5O5S/c1-6-49-33(45)29-28(41-31(32-40-13-15-50-32)42-30(29)26-8-7-9-27(38)22(26)3)20-43-14-12-37(39)24(18-43)19-44(34(37)46)25-11-10-21(2)23(16-25)17-36(4,5)35(47)48/h7-11,13,15-16,24,30H,6,12,14,17-20H2,1-5H3,(H,41,42)(H,47,48)/t24-,30-,37+/m0/s1. The highest BCUT2D eigenvalue weighted by Gasteiger charge is 2.57. The van der Waals surface area contributed by atoms with Crippen LogP contribution < -0.4 is 10.2 Å². The minimum atomic E-state index is -2.07. The second-order valence-corrected chi connectivity index (χ2v) is 14.7. The summed E-state index contributed by atoms with van der Waals surface area (Å²) in [5.74, 6) is -2.77. The molecule has 2 N–H and O–H groups in total. The van der Waals surface area contributed by atoms with E-state index >= 15 is 4.39 Å². The molecule has 3 aromatic rings. The van der Waals surface area contributed by atoms with Crippen molar-refractivity contribution in [2.45, 2.75) is 59.2 Å². The number of likely N-dealkylation sites (tertiary alicyclic amines) is 1. The van der Waals surface area contributed by atoms with Crippen molar-refractivity contribution in [1.82, 2.24) is 15.2 Å². The molecule has 0 unspecified atom stereocenters. The van der Waals surface area contributed by atoms with Crippen molar-refractivity contribution in [2.75, 3.05) is 37.7 Å². The number of carbonyl (C=O) groups excluding carboxylic acids is 2. The number of amidine groups is 1. The first-order valence-corrected chi connectivity index (χ1v) is 17.6. The molecule has 50 heavy (non-hydrogen) atoms. The summed E-state index contributed by atoms with van der Waals surface area (Å²) in [7, 11) is 0. The van der Waals surface area contributed by atoms with E-state index in [0.29, 0.717) is 33.4 Å². The van der Waals surface area contributed by atoms with Crippen LogP contribution in [-0.2, 0) is 25.5 Å². The lowest BCUT2D eigenvalue weighted by atomic mass is 9.84. The number of aromatic nitrogens is 1. The third-order valence-electron chi connectivity index (χ3n) is 10.0. The molecule has 0 saturated carbocycles. The van der Waals surface area contributed by atoms with Crippen LogP contribution >= 0.6 is 11.3 Å². The van der Waals surface area contributed by atoms with Crippen LogP contribution in [-0.4, -0.2) is 77.1 Å². The maximum atomic E-state index is 16.7. The molecule has 1 amide bonds. The molecule has 4 heterocycles. The van der Waals surface area contributed by atoms with Gasteiger partial charge in [-0.25, -0.2) is 18.6 Å². The number of carboxylic acid groups (broad SMARTS) is 1. The van der Waals surface area contributed by atoms with Gasteiger partial charge in [0.15, 0.2) is 16.5 Å². The molecule has 0 aliphatic carbocycles. The van der Waals surface area contributed by atoms with Crippen molar-refractivity contribution in [3.05, 3.63) is 92.3 Å². The van der Waals surface area contributed by atoms with Crippen LogP contribution in [0.1, 0.15) is 60.5 Å². The number of piperidine rings is 1. The Labute approximate surface area is 293 Å². The summed E-state index contributed by atoms with van der Waals surface area (Å²) in [6.07, 6.45) is 1.87. The number of rotatable bonds is 10. The van der Waals surface area contributed by atoms with Crippen LogP contribution in [0.4, 0.5) is 14.5 Å². The smallest absolute Gasteiger partial charge is 0.338 e. The topological polar surface area (TPSA) is 124 Å². The van der Waals surface area contributed by atoms with Gasteiger partial charge in [0.25, 0.3) is 5.91 Å². The summed E-state index contributed by atoms with van der Waals surface area (Å²) in [4.78, 5) is 51.9. The van der Waals surface area contributed by atoms with Gasteiger partial charge in [-0.05, 0) is 81.5 Å². The number of hydrogen-bond donors (Lipinski definition) is 2. The van der Waals surface area contributed by atoms with E-state index in [9.17, 15) is 23.9 Å². The third-order valence-corrected chi connectivity index (χ3v) is 10.8. The van der Waals surface area contributed by atoms with Crippen LogP contribution in [0.5, 0.6) is 0 Å². The largest absolute Gasteiger partial charge is 0.481 e. The molecule has 0 spiro atoms. The Morgan fingerprint density at radius 3 is 2.68 bits per heavy atom. The number of hydrogen-bond acceptors (Lipinski definition) is 9. The van der Waals surface area contributed by atoms with Crippen molar-refractivity contribution in [2.24, 2.45) is 16.3 Å². The van der Waals surface area contributed by atoms with Crippen molar-refractivity contribution >= 4 is 40.7 Å². The zero-order chi connectivity index (χ0) is 36.0. The number of aliphatic carboxylic acids is 1. The molecule has 0 bridgehead atoms. The second-order valence-electron chi connectivity index (χ2n) is 13.8. The number of fused-ring (bicyclic) bond motifs is 1. The highest BCUT2D eigenvalue weighted by Crippen LogP contribution is 2.43. The van der Waals surface area contributed by atoms with Crippen molar-refractivity contribution < 1.29 is 33.0 Å². The molecule has 3 aliphatic rings. The van der Waals surface area contributed by atoms with Gasteiger partial charge in [0, 0.05) is 61.5 Å². The number of alkyl halides is 1. The Morgan fingerprint density at radius 2 is 1.98 bits per heavy atom. The van der Waals surface area contributed by atoms with E-state index in [1.54, 1.807) is 58.2 Å². The average Bonchev–Trinajstić information content (AvgIpc) is 3.70. The number of benzene rings is 2. The number of aryl methyl sites for hydroxylation is 1. The van der Waals surface area contributed by atoms with E-state index in [2.05, 4.69) is 10.3 Å². The normalized spacial score (nSPS) is 22.7. The fraction of sp³-hybridized carbons (Fsp3) is 0.432. The number of esters is 1. The third kappa shape index (κ3) is 6.56. The van der Waals surface area contributed by atoms with E-state index in [1.807, 2.05) is 23.3 Å². The first-order chi connectivity index (χ1) is 23.7. The van der Waals surface area contributed by atoms with Gasteiger partial charge < -0.3 is 20.1 Å². The molecule has 6 rings (SSSR count). The Morgan fingerprint density at radius 1 is 1.20 bits per heavy atom. The number of nitrogens with zero attached hydrogens (tertiary/aromatic N) is 4. The van der Waals surface area contributed by atoms with Crippen LogP contribution in [0.3, 0.4) is 0 Å². The van der Waals surface area contributed by atoms with Crippen LogP contribution in [0, 0.1) is 31.0 Å². The van der Waals surface area contributed by atoms with Crippen LogP contribution in [0.25, 0.3) is 0 Å². The maximum absolute atomic E-state index is 16.7. The van der Waals surface area contributed by atoms with Gasteiger partial charge in [-0.15, -0.1) is 11.3 Å². The van der Waals surface area contributed by atoms with E-state index in [0.717, 1.165) is 11.1 Å². The second kappa shape index (κ2) is 13.7.